The van der Waals surface area contributed by atoms with E-state index in [-0.39, 0.29) is 12.2 Å². The van der Waals surface area contributed by atoms with Gasteiger partial charge in [0, 0.05) is 17.9 Å². The Kier molecular flexibility index (Phi) is 4.39. The largest absolute Gasteiger partial charge is 0.478 e. The van der Waals surface area contributed by atoms with Crippen molar-refractivity contribution in [3.05, 3.63) is 34.9 Å². The van der Waals surface area contributed by atoms with Crippen LogP contribution in [0.25, 0.3) is 0 Å². The van der Waals surface area contributed by atoms with Gasteiger partial charge in [-0.15, -0.1) is 0 Å². The van der Waals surface area contributed by atoms with E-state index in [1.54, 1.807) is 32.9 Å². The lowest BCUT2D eigenvalue weighted by Crippen LogP contribution is -2.49. The van der Waals surface area contributed by atoms with Crippen molar-refractivity contribution in [2.24, 2.45) is 5.41 Å². The summed E-state index contributed by atoms with van der Waals surface area (Å²) in [4.78, 5) is 22.5. The standard InChI is InChI=1S/C16H22O4/c1-10(8-14(18)19)6-7-16(20)12(3)11(2)13(17)9-15(16,4)5/h6-8,20H,9H2,1-5H3,(H,18,19)/b7-6+,10-8-/t16-/m1/s1. The SMILES string of the molecule is CC1=C(C)[C@](O)(/C=C/C(C)=C\C(=O)O)C(C)(C)CC1=O. The smallest absolute Gasteiger partial charge is 0.328 e. The third kappa shape index (κ3) is 2.90. The molecule has 0 aromatic rings. The molecule has 1 aliphatic rings. The Hall–Kier alpha value is -1.68. The van der Waals surface area contributed by atoms with Crippen LogP contribution in [0.1, 0.15) is 41.0 Å². The number of rotatable bonds is 3. The predicted molar refractivity (Wildman–Crippen MR) is 77.3 cm³/mol. The highest BCUT2D eigenvalue weighted by Gasteiger charge is 2.48. The maximum absolute atomic E-state index is 11.9. The Morgan fingerprint density at radius 1 is 1.30 bits per heavy atom. The summed E-state index contributed by atoms with van der Waals surface area (Å²) < 4.78 is 0. The zero-order valence-corrected chi connectivity index (χ0v) is 12.7. The fraction of sp³-hybridized carbons (Fsp3) is 0.500. The Labute approximate surface area is 119 Å². The zero-order valence-electron chi connectivity index (χ0n) is 12.7. The number of ketones is 1. The van der Waals surface area contributed by atoms with Gasteiger partial charge in [0.1, 0.15) is 5.60 Å². The summed E-state index contributed by atoms with van der Waals surface area (Å²) in [5, 5.41) is 19.7. The molecule has 0 saturated carbocycles. The quantitative estimate of drug-likeness (QED) is 0.614. The minimum absolute atomic E-state index is 0.0448. The van der Waals surface area contributed by atoms with Gasteiger partial charge in [0.25, 0.3) is 0 Å². The van der Waals surface area contributed by atoms with E-state index in [0.29, 0.717) is 16.7 Å². The molecular weight excluding hydrogens is 256 g/mol. The van der Waals surface area contributed by atoms with Crippen LogP contribution < -0.4 is 0 Å². The highest BCUT2D eigenvalue weighted by molar-refractivity contribution is 5.97. The average Bonchev–Trinajstić information content (AvgIpc) is 2.30. The van der Waals surface area contributed by atoms with Gasteiger partial charge in [0.2, 0.25) is 0 Å². The number of Topliss-reactive ketones (excluding diaryl/α,β-unsaturated/α-hetero) is 1. The van der Waals surface area contributed by atoms with Gasteiger partial charge in [-0.2, -0.15) is 0 Å². The molecule has 0 bridgehead atoms. The van der Waals surface area contributed by atoms with Crippen LogP contribution in [-0.2, 0) is 9.59 Å². The summed E-state index contributed by atoms with van der Waals surface area (Å²) in [6.07, 6.45) is 4.51. The van der Waals surface area contributed by atoms with Crippen molar-refractivity contribution in [1.82, 2.24) is 0 Å². The van der Waals surface area contributed by atoms with E-state index in [9.17, 15) is 14.7 Å². The normalized spacial score (nSPS) is 27.3. The van der Waals surface area contributed by atoms with Gasteiger partial charge in [0.05, 0.1) is 0 Å². The Balaban J connectivity index is 3.28. The van der Waals surface area contributed by atoms with Gasteiger partial charge in [-0.25, -0.2) is 4.79 Å². The summed E-state index contributed by atoms with van der Waals surface area (Å²) >= 11 is 0. The topological polar surface area (TPSA) is 74.6 Å². The average molecular weight is 278 g/mol. The first-order valence-corrected chi connectivity index (χ1v) is 6.55. The van der Waals surface area contributed by atoms with Crippen LogP contribution in [0.5, 0.6) is 0 Å². The van der Waals surface area contributed by atoms with E-state index in [4.69, 9.17) is 5.11 Å². The lowest BCUT2D eigenvalue weighted by atomic mass is 9.62. The van der Waals surface area contributed by atoms with Crippen LogP contribution in [0.15, 0.2) is 34.9 Å². The van der Waals surface area contributed by atoms with Gasteiger partial charge >= 0.3 is 5.97 Å². The third-order valence-electron chi connectivity index (χ3n) is 4.13. The highest BCUT2D eigenvalue weighted by Crippen LogP contribution is 2.46. The molecule has 0 saturated heterocycles. The molecule has 0 aromatic heterocycles. The Morgan fingerprint density at radius 3 is 2.35 bits per heavy atom. The second-order valence-electron chi connectivity index (χ2n) is 6.06. The van der Waals surface area contributed by atoms with Crippen molar-refractivity contribution in [2.45, 2.75) is 46.6 Å². The number of carbonyl (C=O) groups excluding carboxylic acids is 1. The molecule has 0 heterocycles. The molecule has 0 aromatic carbocycles. The molecule has 1 rings (SSSR count). The van der Waals surface area contributed by atoms with E-state index in [0.717, 1.165) is 6.08 Å². The second kappa shape index (κ2) is 5.37. The molecule has 4 nitrogen and oxygen atoms in total. The summed E-state index contributed by atoms with van der Waals surface area (Å²) in [7, 11) is 0. The molecular formula is C16H22O4. The van der Waals surface area contributed by atoms with E-state index in [1.807, 2.05) is 13.8 Å². The highest BCUT2D eigenvalue weighted by atomic mass is 16.4. The van der Waals surface area contributed by atoms with E-state index in [2.05, 4.69) is 0 Å². The van der Waals surface area contributed by atoms with Crippen LogP contribution in [0.2, 0.25) is 0 Å². The second-order valence-corrected chi connectivity index (χ2v) is 6.06. The number of hydrogen-bond acceptors (Lipinski definition) is 3. The first kappa shape index (κ1) is 16.4. The van der Waals surface area contributed by atoms with Gasteiger partial charge in [0.15, 0.2) is 5.78 Å². The molecule has 20 heavy (non-hydrogen) atoms. The number of carbonyl (C=O) groups is 2. The minimum atomic E-state index is -1.25. The maximum atomic E-state index is 11.9. The fourth-order valence-corrected chi connectivity index (χ4v) is 2.52. The summed E-state index contributed by atoms with van der Waals surface area (Å²) in [5.41, 5.74) is -0.148. The fourth-order valence-electron chi connectivity index (χ4n) is 2.52. The molecule has 0 spiro atoms. The Bertz CT molecular complexity index is 535. The molecule has 0 fully saturated rings. The first-order valence-electron chi connectivity index (χ1n) is 6.55. The molecule has 1 atom stereocenters. The van der Waals surface area contributed by atoms with Crippen molar-refractivity contribution in [1.29, 1.82) is 0 Å². The number of allylic oxidation sites excluding steroid dienone is 3. The van der Waals surface area contributed by atoms with Crippen molar-refractivity contribution >= 4 is 11.8 Å². The van der Waals surface area contributed by atoms with E-state index < -0.39 is 17.0 Å². The summed E-state index contributed by atoms with van der Waals surface area (Å²) in [6.45, 7) is 8.78. The zero-order chi connectivity index (χ0) is 15.7. The number of hydrogen-bond donors (Lipinski definition) is 2. The molecule has 4 heteroatoms. The molecule has 1 aliphatic carbocycles. The first-order chi connectivity index (χ1) is 9.01. The number of carboxylic acids is 1. The molecule has 110 valence electrons. The maximum Gasteiger partial charge on any atom is 0.328 e. The van der Waals surface area contributed by atoms with Crippen LogP contribution in [-0.4, -0.2) is 27.6 Å². The molecule has 2 N–H and O–H groups in total. The minimum Gasteiger partial charge on any atom is -0.478 e. The molecule has 0 unspecified atom stereocenters. The number of aliphatic carboxylic acids is 1. The Morgan fingerprint density at radius 2 is 1.85 bits per heavy atom. The van der Waals surface area contributed by atoms with Crippen molar-refractivity contribution < 1.29 is 19.8 Å². The van der Waals surface area contributed by atoms with Crippen LogP contribution in [0, 0.1) is 5.41 Å². The summed E-state index contributed by atoms with van der Waals surface area (Å²) in [5.74, 6) is -0.982. The lowest BCUT2D eigenvalue weighted by molar-refractivity contribution is -0.131. The van der Waals surface area contributed by atoms with Crippen LogP contribution >= 0.6 is 0 Å². The van der Waals surface area contributed by atoms with Crippen molar-refractivity contribution in [3.63, 3.8) is 0 Å². The third-order valence-corrected chi connectivity index (χ3v) is 4.13. The monoisotopic (exact) mass is 278 g/mol. The predicted octanol–water partition coefficient (Wildman–Crippen LogP) is 2.64. The van der Waals surface area contributed by atoms with Crippen molar-refractivity contribution in [3.8, 4) is 0 Å². The molecule has 0 radical (unpaired) electrons. The lowest BCUT2D eigenvalue weighted by Gasteiger charge is -2.45. The summed E-state index contributed by atoms with van der Waals surface area (Å²) in [6, 6.07) is 0. The number of carboxylic acid groups (broad SMARTS) is 1. The van der Waals surface area contributed by atoms with Crippen LogP contribution in [0.4, 0.5) is 0 Å². The van der Waals surface area contributed by atoms with E-state index in [1.165, 1.54) is 0 Å². The van der Waals surface area contributed by atoms with Gasteiger partial charge < -0.3 is 10.2 Å². The van der Waals surface area contributed by atoms with Gasteiger partial charge in [-0.3, -0.25) is 4.79 Å². The molecule has 0 aliphatic heterocycles. The van der Waals surface area contributed by atoms with Crippen LogP contribution in [0.3, 0.4) is 0 Å². The van der Waals surface area contributed by atoms with Gasteiger partial charge in [-0.1, -0.05) is 19.9 Å². The van der Waals surface area contributed by atoms with E-state index >= 15 is 0 Å². The van der Waals surface area contributed by atoms with Gasteiger partial charge in [-0.05, 0) is 43.6 Å². The van der Waals surface area contributed by atoms with Crippen molar-refractivity contribution in [2.75, 3.05) is 0 Å². The molecule has 0 amide bonds. The number of aliphatic hydroxyl groups is 1.